The van der Waals surface area contributed by atoms with Crippen LogP contribution in [-0.4, -0.2) is 19.6 Å². The maximum absolute atomic E-state index is 12.4. The van der Waals surface area contributed by atoms with Crippen molar-refractivity contribution in [1.82, 2.24) is 19.6 Å². The Bertz CT molecular complexity index is 1040. The van der Waals surface area contributed by atoms with E-state index in [1.165, 1.54) is 11.3 Å². The van der Waals surface area contributed by atoms with Gasteiger partial charge in [0.25, 0.3) is 0 Å². The molecule has 0 unspecified atom stereocenters. The Labute approximate surface area is 156 Å². The van der Waals surface area contributed by atoms with Gasteiger partial charge >= 0.3 is 5.65 Å². The topological polar surface area (TPSA) is 70.8 Å². The standard InChI is InChI=1S/C16H11Cl2N5OS/c17-13-5-4-10(7-19-13)9-22-14-3-1-2-11(23(14)21-16(22)24)6-12-8-20-15(18)25-12/h1-5,7-8H,6,9H2. The molecule has 0 aromatic carbocycles. The predicted octanol–water partition coefficient (Wildman–Crippen LogP) is 2.49. The molecule has 4 aromatic rings. The first-order valence-corrected chi connectivity index (χ1v) is 8.95. The van der Waals surface area contributed by atoms with Crippen LogP contribution in [0, 0.1) is 0 Å². The number of pyridine rings is 2. The van der Waals surface area contributed by atoms with Gasteiger partial charge in [0.2, 0.25) is 6.01 Å². The highest BCUT2D eigenvalue weighted by Gasteiger charge is 2.18. The third-order valence-electron chi connectivity index (χ3n) is 3.73. The summed E-state index contributed by atoms with van der Waals surface area (Å²) in [4.78, 5) is 9.11. The molecule has 0 N–H and O–H groups in total. The van der Waals surface area contributed by atoms with E-state index in [0.29, 0.717) is 28.2 Å². The van der Waals surface area contributed by atoms with E-state index in [2.05, 4.69) is 15.1 Å². The lowest BCUT2D eigenvalue weighted by atomic mass is 10.2. The monoisotopic (exact) mass is 391 g/mol. The Hall–Kier alpha value is -2.22. The number of rotatable bonds is 4. The quantitative estimate of drug-likeness (QED) is 0.395. The summed E-state index contributed by atoms with van der Waals surface area (Å²) >= 11 is 13.1. The number of thiazole rings is 1. The van der Waals surface area contributed by atoms with Crippen molar-refractivity contribution in [1.29, 1.82) is 0 Å². The Morgan fingerprint density at radius 2 is 2.00 bits per heavy atom. The van der Waals surface area contributed by atoms with E-state index in [-0.39, 0.29) is 6.01 Å². The van der Waals surface area contributed by atoms with Crippen molar-refractivity contribution in [3.63, 3.8) is 0 Å². The first-order chi connectivity index (χ1) is 12.1. The zero-order valence-electron chi connectivity index (χ0n) is 12.8. The largest absolute Gasteiger partial charge is 0.825 e. The Morgan fingerprint density at radius 1 is 1.12 bits per heavy atom. The first-order valence-electron chi connectivity index (χ1n) is 7.38. The molecule has 126 valence electrons. The van der Waals surface area contributed by atoms with Gasteiger partial charge in [-0.15, -0.1) is 11.3 Å². The lowest BCUT2D eigenvalue weighted by Gasteiger charge is -2.03. The maximum atomic E-state index is 12.4. The lowest BCUT2D eigenvalue weighted by molar-refractivity contribution is -0.590. The van der Waals surface area contributed by atoms with Crippen molar-refractivity contribution < 1.29 is 9.62 Å². The molecule has 0 aliphatic heterocycles. The van der Waals surface area contributed by atoms with E-state index in [4.69, 9.17) is 23.2 Å². The molecule has 4 heterocycles. The number of halogens is 2. The molecular formula is C16H11Cl2N5OS. The number of nitrogens with zero attached hydrogens (tertiary/aromatic N) is 5. The van der Waals surface area contributed by atoms with Gasteiger partial charge in [0.15, 0.2) is 4.47 Å². The normalized spacial score (nSPS) is 11.3. The summed E-state index contributed by atoms with van der Waals surface area (Å²) in [6.45, 7) is 0.377. The van der Waals surface area contributed by atoms with E-state index < -0.39 is 0 Å². The molecule has 6 nitrogen and oxygen atoms in total. The van der Waals surface area contributed by atoms with Gasteiger partial charge in [0, 0.05) is 35.3 Å². The number of fused-ring (bicyclic) bond motifs is 1. The van der Waals surface area contributed by atoms with Gasteiger partial charge in [0.05, 0.1) is 0 Å². The molecule has 0 fully saturated rings. The molecule has 25 heavy (non-hydrogen) atoms. The zero-order valence-corrected chi connectivity index (χ0v) is 15.1. The number of hydrogen-bond acceptors (Lipinski definition) is 5. The second-order valence-electron chi connectivity index (χ2n) is 5.40. The van der Waals surface area contributed by atoms with Crippen molar-refractivity contribution >= 4 is 40.2 Å². The SMILES string of the molecule is [O-]c1n[n+]2c(Cc3cnc(Cl)s3)cccc2n1Cc1ccc(Cl)nc1. The minimum atomic E-state index is -0.315. The molecule has 0 bridgehead atoms. The fraction of sp³-hybridized carbons (Fsp3) is 0.125. The van der Waals surface area contributed by atoms with Crippen LogP contribution >= 0.6 is 34.5 Å². The van der Waals surface area contributed by atoms with Crippen LogP contribution in [0.1, 0.15) is 16.1 Å². The van der Waals surface area contributed by atoms with E-state index in [9.17, 15) is 5.11 Å². The van der Waals surface area contributed by atoms with Crippen molar-refractivity contribution in [2.45, 2.75) is 13.0 Å². The molecule has 0 amide bonds. The Balaban J connectivity index is 1.72. The van der Waals surface area contributed by atoms with E-state index in [1.54, 1.807) is 27.5 Å². The van der Waals surface area contributed by atoms with Crippen molar-refractivity contribution in [3.05, 3.63) is 68.5 Å². The highest BCUT2D eigenvalue weighted by atomic mass is 35.5. The third kappa shape index (κ3) is 3.30. The fourth-order valence-corrected chi connectivity index (χ4v) is 3.70. The maximum Gasteiger partial charge on any atom is 0.308 e. The average Bonchev–Trinajstić information content (AvgIpc) is 3.14. The average molecular weight is 392 g/mol. The van der Waals surface area contributed by atoms with Crippen LogP contribution < -0.4 is 9.62 Å². The van der Waals surface area contributed by atoms with E-state index in [0.717, 1.165) is 16.1 Å². The molecule has 9 heteroatoms. The van der Waals surface area contributed by atoms with Crippen LogP contribution in [0.4, 0.5) is 0 Å². The summed E-state index contributed by atoms with van der Waals surface area (Å²) in [7, 11) is 0. The Morgan fingerprint density at radius 3 is 2.72 bits per heavy atom. The van der Waals surface area contributed by atoms with Crippen LogP contribution in [0.5, 0.6) is 6.01 Å². The molecular weight excluding hydrogens is 381 g/mol. The number of aromatic nitrogens is 5. The van der Waals surface area contributed by atoms with Gasteiger partial charge in [-0.2, -0.15) is 0 Å². The van der Waals surface area contributed by atoms with Gasteiger partial charge < -0.3 is 5.11 Å². The van der Waals surface area contributed by atoms with E-state index >= 15 is 0 Å². The molecule has 0 saturated carbocycles. The zero-order chi connectivity index (χ0) is 17.4. The highest BCUT2D eigenvalue weighted by molar-refractivity contribution is 7.15. The second-order valence-corrected chi connectivity index (χ2v) is 7.49. The van der Waals surface area contributed by atoms with Gasteiger partial charge in [-0.3, -0.25) is 0 Å². The lowest BCUT2D eigenvalue weighted by Crippen LogP contribution is -2.29. The highest BCUT2D eigenvalue weighted by Crippen LogP contribution is 2.20. The van der Waals surface area contributed by atoms with Crippen molar-refractivity contribution in [2.75, 3.05) is 0 Å². The molecule has 4 aromatic heterocycles. The third-order valence-corrected chi connectivity index (χ3v) is 5.06. The van der Waals surface area contributed by atoms with Gasteiger partial charge in [-0.05, 0) is 17.2 Å². The van der Waals surface area contributed by atoms with Crippen LogP contribution in [0.2, 0.25) is 9.62 Å². The van der Waals surface area contributed by atoms with Crippen LogP contribution in [-0.2, 0) is 13.0 Å². The van der Waals surface area contributed by atoms with Gasteiger partial charge in [-0.1, -0.05) is 39.9 Å². The summed E-state index contributed by atoms with van der Waals surface area (Å²) in [5.41, 5.74) is 2.48. The smallest absolute Gasteiger partial charge is 0.308 e. The molecule has 4 rings (SSSR count). The second kappa shape index (κ2) is 6.59. The number of hydrogen-bond donors (Lipinski definition) is 0. The van der Waals surface area contributed by atoms with Crippen molar-refractivity contribution in [3.8, 4) is 6.01 Å². The summed E-state index contributed by atoms with van der Waals surface area (Å²) in [6, 6.07) is 8.93. The molecule has 0 aliphatic rings. The summed E-state index contributed by atoms with van der Waals surface area (Å²) in [5, 5.41) is 16.9. The molecule has 0 aliphatic carbocycles. The first kappa shape index (κ1) is 16.3. The van der Waals surface area contributed by atoms with Gasteiger partial charge in [-0.25, -0.2) is 14.5 Å². The van der Waals surface area contributed by atoms with Crippen LogP contribution in [0.3, 0.4) is 0 Å². The molecule has 0 atom stereocenters. The molecule has 0 radical (unpaired) electrons. The van der Waals surface area contributed by atoms with Crippen LogP contribution in [0.15, 0.2) is 42.7 Å². The Kier molecular flexibility index (Phi) is 4.29. The molecule has 0 spiro atoms. The summed E-state index contributed by atoms with van der Waals surface area (Å²) < 4.78 is 3.77. The minimum absolute atomic E-state index is 0.315. The summed E-state index contributed by atoms with van der Waals surface area (Å²) in [6.07, 6.45) is 3.99. The summed E-state index contributed by atoms with van der Waals surface area (Å²) in [5.74, 6) is 0. The minimum Gasteiger partial charge on any atom is -0.825 e. The van der Waals surface area contributed by atoms with E-state index in [1.807, 2.05) is 24.3 Å². The molecule has 0 saturated heterocycles. The van der Waals surface area contributed by atoms with Gasteiger partial charge in [0.1, 0.15) is 17.4 Å². The van der Waals surface area contributed by atoms with Crippen LogP contribution in [0.25, 0.3) is 5.65 Å². The van der Waals surface area contributed by atoms with Crippen molar-refractivity contribution in [2.24, 2.45) is 0 Å². The fourth-order valence-electron chi connectivity index (χ4n) is 2.60. The predicted molar refractivity (Wildman–Crippen MR) is 93.1 cm³/mol.